The Hall–Kier alpha value is -2.71. The van der Waals surface area contributed by atoms with Crippen molar-refractivity contribution in [1.29, 1.82) is 0 Å². The van der Waals surface area contributed by atoms with Crippen LogP contribution in [0.2, 0.25) is 0 Å². The summed E-state index contributed by atoms with van der Waals surface area (Å²) < 4.78 is 77.0. The summed E-state index contributed by atoms with van der Waals surface area (Å²) in [6.45, 7) is 1.55. The number of carbonyl (C=O) groups is 1. The number of carbonyl (C=O) groups excluding carboxylic acids is 1. The lowest BCUT2D eigenvalue weighted by molar-refractivity contribution is -0.143. The van der Waals surface area contributed by atoms with Gasteiger partial charge in [-0.3, -0.25) is 4.79 Å². The maximum absolute atomic E-state index is 12.8. The summed E-state index contributed by atoms with van der Waals surface area (Å²) in [6, 6.07) is 5.16. The first-order valence-corrected chi connectivity index (χ1v) is 6.85. The molecule has 0 heterocycles. The van der Waals surface area contributed by atoms with E-state index >= 15 is 0 Å². The lowest BCUT2D eigenvalue weighted by atomic mass is 10.0. The van der Waals surface area contributed by atoms with E-state index in [1.807, 2.05) is 0 Å². The van der Waals surface area contributed by atoms with E-state index in [4.69, 9.17) is 5.73 Å². The van der Waals surface area contributed by atoms with Gasteiger partial charge in [-0.15, -0.1) is 0 Å². The number of benzene rings is 2. The summed E-state index contributed by atoms with van der Waals surface area (Å²) in [4.78, 5) is 12.1. The molecule has 2 aromatic rings. The van der Waals surface area contributed by atoms with Crippen LogP contribution in [-0.2, 0) is 12.4 Å². The van der Waals surface area contributed by atoms with Crippen molar-refractivity contribution in [3.05, 3.63) is 58.7 Å². The molecule has 2 rings (SSSR count). The van der Waals surface area contributed by atoms with E-state index in [-0.39, 0.29) is 11.8 Å². The Labute approximate surface area is 138 Å². The number of alkyl halides is 6. The second kappa shape index (κ2) is 6.30. The van der Waals surface area contributed by atoms with Gasteiger partial charge in [-0.05, 0) is 42.8 Å². The molecule has 134 valence electrons. The lowest BCUT2D eigenvalue weighted by Crippen LogP contribution is -2.17. The van der Waals surface area contributed by atoms with E-state index in [9.17, 15) is 31.1 Å². The minimum atomic E-state index is -5.02. The highest BCUT2D eigenvalue weighted by molar-refractivity contribution is 6.05. The predicted octanol–water partition coefficient (Wildman–Crippen LogP) is 4.87. The van der Waals surface area contributed by atoms with Gasteiger partial charge in [0.25, 0.3) is 5.91 Å². The molecule has 25 heavy (non-hydrogen) atoms. The Morgan fingerprint density at radius 1 is 0.960 bits per heavy atom. The number of halogens is 6. The average Bonchev–Trinajstić information content (AvgIpc) is 2.49. The third-order valence-corrected chi connectivity index (χ3v) is 3.47. The van der Waals surface area contributed by atoms with Crippen LogP contribution in [0.25, 0.3) is 0 Å². The van der Waals surface area contributed by atoms with E-state index in [1.54, 1.807) is 6.92 Å². The number of nitrogen functional groups attached to an aromatic ring is 1. The molecule has 0 radical (unpaired) electrons. The van der Waals surface area contributed by atoms with Crippen LogP contribution >= 0.6 is 0 Å². The highest BCUT2D eigenvalue weighted by Gasteiger charge is 2.37. The molecule has 0 atom stereocenters. The topological polar surface area (TPSA) is 55.1 Å². The van der Waals surface area contributed by atoms with Gasteiger partial charge in [-0.2, -0.15) is 26.3 Å². The van der Waals surface area contributed by atoms with E-state index in [1.165, 1.54) is 18.2 Å². The molecule has 0 saturated carbocycles. The van der Waals surface area contributed by atoms with Gasteiger partial charge in [0.2, 0.25) is 0 Å². The van der Waals surface area contributed by atoms with Crippen molar-refractivity contribution < 1.29 is 31.1 Å². The third-order valence-electron chi connectivity index (χ3n) is 3.47. The summed E-state index contributed by atoms with van der Waals surface area (Å²) in [5, 5.41) is 2.27. The Kier molecular flexibility index (Phi) is 4.70. The van der Waals surface area contributed by atoms with Crippen LogP contribution in [0, 0.1) is 6.92 Å². The zero-order valence-corrected chi connectivity index (χ0v) is 12.7. The van der Waals surface area contributed by atoms with Crippen LogP contribution < -0.4 is 11.1 Å². The first-order valence-electron chi connectivity index (χ1n) is 6.85. The predicted molar refractivity (Wildman–Crippen MR) is 80.0 cm³/mol. The zero-order chi connectivity index (χ0) is 19.0. The number of hydrogen-bond donors (Lipinski definition) is 2. The van der Waals surface area contributed by atoms with Gasteiger partial charge < -0.3 is 11.1 Å². The van der Waals surface area contributed by atoms with Crippen LogP contribution in [0.3, 0.4) is 0 Å². The molecule has 0 aliphatic heterocycles. The molecule has 0 aliphatic rings. The van der Waals surface area contributed by atoms with E-state index in [0.29, 0.717) is 23.4 Å². The highest BCUT2D eigenvalue weighted by atomic mass is 19.4. The summed E-state index contributed by atoms with van der Waals surface area (Å²) in [5.41, 5.74) is 2.72. The van der Waals surface area contributed by atoms with Gasteiger partial charge >= 0.3 is 12.4 Å². The maximum atomic E-state index is 12.8. The second-order valence-electron chi connectivity index (χ2n) is 5.27. The normalized spacial score (nSPS) is 12.1. The monoisotopic (exact) mass is 362 g/mol. The number of rotatable bonds is 2. The molecular weight excluding hydrogens is 350 g/mol. The van der Waals surface area contributed by atoms with E-state index in [0.717, 1.165) is 0 Å². The second-order valence-corrected chi connectivity index (χ2v) is 5.27. The SMILES string of the molecule is Cc1c(N)cccc1NC(=O)c1cc(C(F)(F)F)cc(C(F)(F)F)c1. The fourth-order valence-electron chi connectivity index (χ4n) is 2.07. The Morgan fingerprint density at radius 2 is 1.48 bits per heavy atom. The molecule has 0 aliphatic carbocycles. The molecule has 0 spiro atoms. The van der Waals surface area contributed by atoms with Crippen LogP contribution in [0.5, 0.6) is 0 Å². The number of nitrogens with one attached hydrogen (secondary N) is 1. The van der Waals surface area contributed by atoms with Gasteiger partial charge in [0, 0.05) is 16.9 Å². The zero-order valence-electron chi connectivity index (χ0n) is 12.7. The first-order chi connectivity index (χ1) is 11.4. The van der Waals surface area contributed by atoms with Crippen molar-refractivity contribution in [2.75, 3.05) is 11.1 Å². The third kappa shape index (κ3) is 4.23. The van der Waals surface area contributed by atoms with Gasteiger partial charge in [0.05, 0.1) is 11.1 Å². The molecule has 2 aromatic carbocycles. The van der Waals surface area contributed by atoms with Gasteiger partial charge in [-0.1, -0.05) is 6.07 Å². The quantitative estimate of drug-likeness (QED) is 0.592. The van der Waals surface area contributed by atoms with E-state index in [2.05, 4.69) is 5.32 Å². The van der Waals surface area contributed by atoms with Crippen molar-refractivity contribution in [2.24, 2.45) is 0 Å². The summed E-state index contributed by atoms with van der Waals surface area (Å²) in [7, 11) is 0. The average molecular weight is 362 g/mol. The molecule has 0 saturated heterocycles. The van der Waals surface area contributed by atoms with Crippen LogP contribution in [0.4, 0.5) is 37.7 Å². The Balaban J connectivity index is 2.47. The van der Waals surface area contributed by atoms with Crippen LogP contribution in [0.1, 0.15) is 27.0 Å². The fourth-order valence-corrected chi connectivity index (χ4v) is 2.07. The molecule has 1 amide bonds. The van der Waals surface area contributed by atoms with Gasteiger partial charge in [0.15, 0.2) is 0 Å². The first kappa shape index (κ1) is 18.6. The molecule has 0 aromatic heterocycles. The molecule has 3 N–H and O–H groups in total. The van der Waals surface area contributed by atoms with Crippen LogP contribution in [-0.4, -0.2) is 5.91 Å². The molecule has 9 heteroatoms. The lowest BCUT2D eigenvalue weighted by Gasteiger charge is -2.15. The van der Waals surface area contributed by atoms with E-state index < -0.39 is 35.0 Å². The van der Waals surface area contributed by atoms with Crippen LogP contribution in [0.15, 0.2) is 36.4 Å². The standard InChI is InChI=1S/C16H12F6N2O/c1-8-12(23)3-2-4-13(8)24-14(25)9-5-10(15(17,18)19)7-11(6-9)16(20,21)22/h2-7H,23H2,1H3,(H,24,25). The maximum Gasteiger partial charge on any atom is 0.416 e. The minimum Gasteiger partial charge on any atom is -0.398 e. The molecule has 0 fully saturated rings. The molecule has 0 unspecified atom stereocenters. The summed E-state index contributed by atoms with van der Waals surface area (Å²) in [6.07, 6.45) is -10.0. The van der Waals surface area contributed by atoms with Gasteiger partial charge in [-0.25, -0.2) is 0 Å². The highest BCUT2D eigenvalue weighted by Crippen LogP contribution is 2.36. The van der Waals surface area contributed by atoms with Crippen molar-refractivity contribution in [2.45, 2.75) is 19.3 Å². The Morgan fingerprint density at radius 3 is 1.96 bits per heavy atom. The fraction of sp³-hybridized carbons (Fsp3) is 0.188. The van der Waals surface area contributed by atoms with Crippen molar-refractivity contribution in [1.82, 2.24) is 0 Å². The van der Waals surface area contributed by atoms with Crippen molar-refractivity contribution in [3.63, 3.8) is 0 Å². The number of anilines is 2. The van der Waals surface area contributed by atoms with Crippen molar-refractivity contribution >= 4 is 17.3 Å². The Bertz CT molecular complexity index is 779. The van der Waals surface area contributed by atoms with Crippen molar-refractivity contribution in [3.8, 4) is 0 Å². The largest absolute Gasteiger partial charge is 0.416 e. The molecular formula is C16H12F6N2O. The smallest absolute Gasteiger partial charge is 0.398 e. The summed E-state index contributed by atoms with van der Waals surface area (Å²) in [5.74, 6) is -1.11. The molecule has 3 nitrogen and oxygen atoms in total. The number of nitrogens with two attached hydrogens (primary N) is 1. The summed E-state index contributed by atoms with van der Waals surface area (Å²) >= 11 is 0. The molecule has 0 bridgehead atoms. The number of amides is 1. The number of hydrogen-bond acceptors (Lipinski definition) is 2. The van der Waals surface area contributed by atoms with Gasteiger partial charge in [0.1, 0.15) is 0 Å². The minimum absolute atomic E-state index is 0.0392.